The number of benzene rings is 1. The summed E-state index contributed by atoms with van der Waals surface area (Å²) in [5.74, 6) is 0.705. The van der Waals surface area contributed by atoms with Crippen LogP contribution in [0.5, 0.6) is 5.75 Å². The van der Waals surface area contributed by atoms with Crippen molar-refractivity contribution in [3.8, 4) is 5.75 Å². The Labute approximate surface area is 109 Å². The van der Waals surface area contributed by atoms with Crippen molar-refractivity contribution >= 4 is 11.6 Å². The first kappa shape index (κ1) is 14.5. The average Bonchev–Trinajstić information content (AvgIpc) is 2.40. The van der Waals surface area contributed by atoms with E-state index in [1.807, 2.05) is 18.2 Å². The van der Waals surface area contributed by atoms with Crippen LogP contribution in [0.3, 0.4) is 0 Å². The number of amides is 1. The van der Waals surface area contributed by atoms with E-state index in [1.54, 1.807) is 13.2 Å². The first-order valence-corrected chi connectivity index (χ1v) is 6.36. The second-order valence-corrected chi connectivity index (χ2v) is 4.17. The van der Waals surface area contributed by atoms with Crippen LogP contribution in [-0.4, -0.2) is 25.6 Å². The number of carbonyl (C=O) groups is 1. The Balaban J connectivity index is 2.44. The van der Waals surface area contributed by atoms with Crippen molar-refractivity contribution < 1.29 is 9.53 Å². The van der Waals surface area contributed by atoms with Crippen molar-refractivity contribution in [1.82, 2.24) is 5.32 Å². The van der Waals surface area contributed by atoms with Crippen molar-refractivity contribution in [3.05, 3.63) is 24.3 Å². The van der Waals surface area contributed by atoms with Crippen LogP contribution in [0.25, 0.3) is 0 Å². The van der Waals surface area contributed by atoms with Gasteiger partial charge in [0.1, 0.15) is 5.75 Å². The van der Waals surface area contributed by atoms with E-state index in [0.29, 0.717) is 12.6 Å². The number of methoxy groups -OCH3 is 1. The molecule has 0 bridgehead atoms. The first-order valence-electron chi connectivity index (χ1n) is 6.36. The van der Waals surface area contributed by atoms with Gasteiger partial charge in [0.05, 0.1) is 13.7 Å². The molecule has 0 aliphatic rings. The molecule has 4 heteroatoms. The summed E-state index contributed by atoms with van der Waals surface area (Å²) >= 11 is 0. The molecule has 0 unspecified atom stereocenters. The molecule has 1 aromatic carbocycles. The first-order chi connectivity index (χ1) is 8.69. The second kappa shape index (κ2) is 7.71. The van der Waals surface area contributed by atoms with Gasteiger partial charge in [-0.3, -0.25) is 4.79 Å². The summed E-state index contributed by atoms with van der Waals surface area (Å²) in [7, 11) is 1.61. The number of hydrogen-bond donors (Lipinski definition) is 2. The van der Waals surface area contributed by atoms with Crippen molar-refractivity contribution in [3.63, 3.8) is 0 Å². The number of nitrogens with one attached hydrogen (secondary N) is 2. The molecule has 2 N–H and O–H groups in total. The molecule has 0 saturated carbocycles. The molecule has 0 spiro atoms. The van der Waals surface area contributed by atoms with Gasteiger partial charge in [0.15, 0.2) is 0 Å². The lowest BCUT2D eigenvalue weighted by atomic mass is 10.2. The smallest absolute Gasteiger partial charge is 0.238 e. The van der Waals surface area contributed by atoms with Gasteiger partial charge in [-0.15, -0.1) is 0 Å². The highest BCUT2D eigenvalue weighted by Crippen LogP contribution is 2.16. The summed E-state index contributed by atoms with van der Waals surface area (Å²) < 4.78 is 5.10. The standard InChI is InChI=1S/C14H22N2O2/c1-4-11(5-2)15-10-14(17)16-12-7-6-8-13(9-12)18-3/h6-9,11,15H,4-5,10H2,1-3H3,(H,16,17). The van der Waals surface area contributed by atoms with Gasteiger partial charge < -0.3 is 15.4 Å². The summed E-state index contributed by atoms with van der Waals surface area (Å²) in [5.41, 5.74) is 0.755. The number of anilines is 1. The van der Waals surface area contributed by atoms with Crippen molar-refractivity contribution in [2.75, 3.05) is 19.0 Å². The minimum Gasteiger partial charge on any atom is -0.497 e. The summed E-state index contributed by atoms with van der Waals surface area (Å²) in [6, 6.07) is 7.74. The molecule has 0 aliphatic heterocycles. The van der Waals surface area contributed by atoms with E-state index in [1.165, 1.54) is 0 Å². The molecule has 0 aromatic heterocycles. The summed E-state index contributed by atoms with van der Waals surface area (Å²) in [4.78, 5) is 11.7. The molecule has 0 fully saturated rings. The Morgan fingerprint density at radius 1 is 1.33 bits per heavy atom. The fourth-order valence-corrected chi connectivity index (χ4v) is 1.72. The molecule has 18 heavy (non-hydrogen) atoms. The molecular weight excluding hydrogens is 228 g/mol. The lowest BCUT2D eigenvalue weighted by Gasteiger charge is -2.14. The van der Waals surface area contributed by atoms with Crippen LogP contribution in [0, 0.1) is 0 Å². The third-order valence-corrected chi connectivity index (χ3v) is 2.89. The maximum absolute atomic E-state index is 11.7. The summed E-state index contributed by atoms with van der Waals surface area (Å²) in [6.45, 7) is 4.56. The molecule has 100 valence electrons. The Kier molecular flexibility index (Phi) is 6.22. The van der Waals surface area contributed by atoms with Gasteiger partial charge in [-0.1, -0.05) is 19.9 Å². The SMILES string of the molecule is CCC(CC)NCC(=O)Nc1cccc(OC)c1. The van der Waals surface area contributed by atoms with Crippen LogP contribution in [-0.2, 0) is 4.79 Å². The minimum atomic E-state index is -0.0323. The zero-order chi connectivity index (χ0) is 13.4. The predicted molar refractivity (Wildman–Crippen MR) is 74.0 cm³/mol. The highest BCUT2D eigenvalue weighted by atomic mass is 16.5. The molecule has 0 aliphatic carbocycles. The molecule has 1 amide bonds. The van der Waals surface area contributed by atoms with Gasteiger partial charge in [0.25, 0.3) is 0 Å². The normalized spacial score (nSPS) is 10.4. The van der Waals surface area contributed by atoms with E-state index < -0.39 is 0 Å². The van der Waals surface area contributed by atoms with E-state index in [-0.39, 0.29) is 5.91 Å². The number of hydrogen-bond acceptors (Lipinski definition) is 3. The van der Waals surface area contributed by atoms with E-state index in [2.05, 4.69) is 24.5 Å². The van der Waals surface area contributed by atoms with Gasteiger partial charge in [-0.2, -0.15) is 0 Å². The quantitative estimate of drug-likeness (QED) is 0.781. The van der Waals surface area contributed by atoms with Crippen LogP contribution in [0.15, 0.2) is 24.3 Å². The Hall–Kier alpha value is -1.55. The fraction of sp³-hybridized carbons (Fsp3) is 0.500. The maximum Gasteiger partial charge on any atom is 0.238 e. The van der Waals surface area contributed by atoms with E-state index in [0.717, 1.165) is 24.3 Å². The van der Waals surface area contributed by atoms with E-state index in [9.17, 15) is 4.79 Å². The summed E-state index contributed by atoms with van der Waals surface area (Å²) in [5, 5.41) is 6.06. The van der Waals surface area contributed by atoms with Crippen molar-refractivity contribution in [1.29, 1.82) is 0 Å². The molecular formula is C14H22N2O2. The number of ether oxygens (including phenoxy) is 1. The zero-order valence-corrected chi connectivity index (χ0v) is 11.3. The highest BCUT2D eigenvalue weighted by Gasteiger charge is 2.06. The second-order valence-electron chi connectivity index (χ2n) is 4.17. The van der Waals surface area contributed by atoms with Crippen LogP contribution >= 0.6 is 0 Å². The lowest BCUT2D eigenvalue weighted by molar-refractivity contribution is -0.115. The molecule has 0 atom stereocenters. The van der Waals surface area contributed by atoms with Gasteiger partial charge >= 0.3 is 0 Å². The summed E-state index contributed by atoms with van der Waals surface area (Å²) in [6.07, 6.45) is 2.06. The van der Waals surface area contributed by atoms with Crippen LogP contribution in [0.1, 0.15) is 26.7 Å². The van der Waals surface area contributed by atoms with Gasteiger partial charge in [0, 0.05) is 17.8 Å². The molecule has 1 aromatic rings. The number of rotatable bonds is 7. The third kappa shape index (κ3) is 4.75. The molecule has 0 heterocycles. The third-order valence-electron chi connectivity index (χ3n) is 2.89. The van der Waals surface area contributed by atoms with Gasteiger partial charge in [-0.25, -0.2) is 0 Å². The van der Waals surface area contributed by atoms with Crippen LogP contribution < -0.4 is 15.4 Å². The van der Waals surface area contributed by atoms with E-state index >= 15 is 0 Å². The van der Waals surface area contributed by atoms with Gasteiger partial charge in [-0.05, 0) is 25.0 Å². The van der Waals surface area contributed by atoms with Crippen molar-refractivity contribution in [2.45, 2.75) is 32.7 Å². The average molecular weight is 250 g/mol. The van der Waals surface area contributed by atoms with Crippen LogP contribution in [0.4, 0.5) is 5.69 Å². The van der Waals surface area contributed by atoms with Crippen molar-refractivity contribution in [2.24, 2.45) is 0 Å². The Bertz CT molecular complexity index is 376. The topological polar surface area (TPSA) is 50.4 Å². The lowest BCUT2D eigenvalue weighted by Crippen LogP contribution is -2.35. The Morgan fingerprint density at radius 2 is 2.06 bits per heavy atom. The Morgan fingerprint density at radius 3 is 2.67 bits per heavy atom. The van der Waals surface area contributed by atoms with Crippen LogP contribution in [0.2, 0.25) is 0 Å². The molecule has 4 nitrogen and oxygen atoms in total. The largest absolute Gasteiger partial charge is 0.497 e. The molecule has 0 radical (unpaired) electrons. The maximum atomic E-state index is 11.7. The monoisotopic (exact) mass is 250 g/mol. The predicted octanol–water partition coefficient (Wildman–Crippen LogP) is 2.41. The highest BCUT2D eigenvalue weighted by molar-refractivity contribution is 5.92. The fourth-order valence-electron chi connectivity index (χ4n) is 1.72. The molecule has 0 saturated heterocycles. The number of carbonyl (C=O) groups excluding carboxylic acids is 1. The zero-order valence-electron chi connectivity index (χ0n) is 11.3. The minimum absolute atomic E-state index is 0.0323. The van der Waals surface area contributed by atoms with E-state index in [4.69, 9.17) is 4.74 Å². The molecule has 1 rings (SSSR count). The van der Waals surface area contributed by atoms with Gasteiger partial charge in [0.2, 0.25) is 5.91 Å².